The van der Waals surface area contributed by atoms with Gasteiger partial charge < -0.3 is 24.9 Å². The maximum absolute atomic E-state index is 13.4. The van der Waals surface area contributed by atoms with Gasteiger partial charge in [0.15, 0.2) is 5.69 Å². The Morgan fingerprint density at radius 2 is 1.90 bits per heavy atom. The van der Waals surface area contributed by atoms with Crippen LogP contribution < -0.4 is 15.1 Å². The van der Waals surface area contributed by atoms with Gasteiger partial charge in [-0.3, -0.25) is 9.59 Å². The zero-order valence-corrected chi connectivity index (χ0v) is 17.4. The van der Waals surface area contributed by atoms with Gasteiger partial charge in [0.25, 0.3) is 0 Å². The molecule has 31 heavy (non-hydrogen) atoms. The zero-order chi connectivity index (χ0) is 22.2. The second-order valence-electron chi connectivity index (χ2n) is 8.11. The number of piperazine rings is 2. The van der Waals surface area contributed by atoms with Crippen LogP contribution in [0.1, 0.15) is 19.0 Å². The molecule has 0 aliphatic carbocycles. The van der Waals surface area contributed by atoms with E-state index in [-0.39, 0.29) is 49.3 Å². The summed E-state index contributed by atoms with van der Waals surface area (Å²) < 4.78 is 40.2. The molecule has 3 saturated heterocycles. The number of carbonyl (C=O) groups excluding carboxylic acids is 2. The van der Waals surface area contributed by atoms with Crippen molar-refractivity contribution in [2.24, 2.45) is 0 Å². The fraction of sp³-hybridized carbons (Fsp3) is 0.684. The highest BCUT2D eigenvalue weighted by Gasteiger charge is 2.37. The smallest absolute Gasteiger partial charge is 0.345 e. The van der Waals surface area contributed by atoms with Crippen LogP contribution in [0.25, 0.3) is 0 Å². The Morgan fingerprint density at radius 1 is 1.16 bits per heavy atom. The van der Waals surface area contributed by atoms with E-state index in [1.165, 1.54) is 9.80 Å². The Labute approximate surface area is 178 Å². The summed E-state index contributed by atoms with van der Waals surface area (Å²) in [5.74, 6) is -0.301. The average Bonchev–Trinajstić information content (AvgIpc) is 2.73. The van der Waals surface area contributed by atoms with Crippen LogP contribution in [0, 0.1) is 0 Å². The summed E-state index contributed by atoms with van der Waals surface area (Å²) in [5.41, 5.74) is -1.02. The minimum absolute atomic E-state index is 0.0131. The van der Waals surface area contributed by atoms with Crippen LogP contribution in [-0.4, -0.2) is 96.5 Å². The summed E-state index contributed by atoms with van der Waals surface area (Å²) in [6.45, 7) is 5.56. The molecule has 3 aliphatic heterocycles. The summed E-state index contributed by atoms with van der Waals surface area (Å²) in [6.07, 6.45) is -3.74. The molecule has 12 heteroatoms. The molecule has 3 aliphatic rings. The lowest BCUT2D eigenvalue weighted by atomic mass is 10.1. The number of alkyl halides is 3. The summed E-state index contributed by atoms with van der Waals surface area (Å²) in [4.78, 5) is 39.6. The van der Waals surface area contributed by atoms with Crippen LogP contribution in [0.15, 0.2) is 6.07 Å². The van der Waals surface area contributed by atoms with Gasteiger partial charge in [0.05, 0.1) is 13.1 Å². The van der Waals surface area contributed by atoms with Crippen LogP contribution in [-0.2, 0) is 15.8 Å². The summed E-state index contributed by atoms with van der Waals surface area (Å²) in [7, 11) is 0. The number of hydrogen-bond acceptors (Lipinski definition) is 7. The lowest BCUT2D eigenvalue weighted by Crippen LogP contribution is -2.55. The lowest BCUT2D eigenvalue weighted by Gasteiger charge is -2.40. The summed E-state index contributed by atoms with van der Waals surface area (Å²) >= 11 is 0. The van der Waals surface area contributed by atoms with Gasteiger partial charge in [0.2, 0.25) is 17.8 Å². The molecule has 1 unspecified atom stereocenters. The molecule has 0 saturated carbocycles. The third kappa shape index (κ3) is 4.68. The molecule has 0 spiro atoms. The van der Waals surface area contributed by atoms with Gasteiger partial charge in [0.1, 0.15) is 5.82 Å². The predicted molar refractivity (Wildman–Crippen MR) is 107 cm³/mol. The van der Waals surface area contributed by atoms with E-state index in [0.29, 0.717) is 26.2 Å². The summed E-state index contributed by atoms with van der Waals surface area (Å²) in [5, 5.41) is 3.17. The number of nitrogens with one attached hydrogen (secondary N) is 1. The molecule has 4 heterocycles. The van der Waals surface area contributed by atoms with Crippen LogP contribution in [0.4, 0.5) is 24.9 Å². The standard InChI is InChI=1S/C19H26F3N7O2/c1-13-2-5-29(13)18-24-14(19(20,21)22)10-15(25-18)27-8-9-28(17(31)11-27)12-16(30)26-6-3-23-4-7-26/h10,13,23H,2-9,11-12H2,1H3. The number of nitrogens with zero attached hydrogens (tertiary/aromatic N) is 6. The Kier molecular flexibility index (Phi) is 5.91. The topological polar surface area (TPSA) is 84.9 Å². The van der Waals surface area contributed by atoms with Crippen molar-refractivity contribution in [3.8, 4) is 0 Å². The first-order valence-corrected chi connectivity index (χ1v) is 10.5. The van der Waals surface area contributed by atoms with Crippen molar-refractivity contribution < 1.29 is 22.8 Å². The molecular weight excluding hydrogens is 415 g/mol. The maximum Gasteiger partial charge on any atom is 0.433 e. The molecule has 0 radical (unpaired) electrons. The average molecular weight is 441 g/mol. The van der Waals surface area contributed by atoms with Crippen molar-refractivity contribution in [2.45, 2.75) is 25.6 Å². The Hall–Kier alpha value is -2.63. The number of halogens is 3. The molecular formula is C19H26F3N7O2. The highest BCUT2D eigenvalue weighted by molar-refractivity contribution is 5.88. The number of amides is 2. The Morgan fingerprint density at radius 3 is 2.48 bits per heavy atom. The van der Waals surface area contributed by atoms with E-state index in [1.807, 2.05) is 6.92 Å². The molecule has 1 aromatic heterocycles. The highest BCUT2D eigenvalue weighted by atomic mass is 19.4. The van der Waals surface area contributed by atoms with Gasteiger partial charge in [0, 0.05) is 57.9 Å². The third-order valence-electron chi connectivity index (χ3n) is 6.01. The van der Waals surface area contributed by atoms with Crippen molar-refractivity contribution in [1.82, 2.24) is 25.1 Å². The molecule has 1 atom stereocenters. The maximum atomic E-state index is 13.4. The Balaban J connectivity index is 1.46. The van der Waals surface area contributed by atoms with Crippen molar-refractivity contribution in [3.05, 3.63) is 11.8 Å². The van der Waals surface area contributed by atoms with Crippen molar-refractivity contribution in [2.75, 3.05) is 68.7 Å². The largest absolute Gasteiger partial charge is 0.433 e. The molecule has 1 aromatic rings. The van der Waals surface area contributed by atoms with E-state index in [1.54, 1.807) is 9.80 Å². The molecule has 3 fully saturated rings. The van der Waals surface area contributed by atoms with Gasteiger partial charge in [-0.25, -0.2) is 4.98 Å². The number of carbonyl (C=O) groups is 2. The fourth-order valence-corrected chi connectivity index (χ4v) is 3.92. The first-order chi connectivity index (χ1) is 14.7. The van der Waals surface area contributed by atoms with Crippen LogP contribution >= 0.6 is 0 Å². The van der Waals surface area contributed by atoms with Crippen molar-refractivity contribution in [1.29, 1.82) is 0 Å². The molecule has 0 aromatic carbocycles. The SMILES string of the molecule is CC1CCN1c1nc(N2CCN(CC(=O)N3CCNCC3)C(=O)C2)cc(C(F)(F)F)n1. The second-order valence-corrected chi connectivity index (χ2v) is 8.11. The van der Waals surface area contributed by atoms with Gasteiger partial charge in [-0.05, 0) is 13.3 Å². The lowest BCUT2D eigenvalue weighted by molar-refractivity contribution is -0.141. The number of anilines is 2. The second kappa shape index (κ2) is 8.48. The first kappa shape index (κ1) is 21.6. The van der Waals surface area contributed by atoms with Crippen molar-refractivity contribution in [3.63, 3.8) is 0 Å². The third-order valence-corrected chi connectivity index (χ3v) is 6.01. The molecule has 0 bridgehead atoms. The van der Waals surface area contributed by atoms with E-state index in [0.717, 1.165) is 25.6 Å². The number of hydrogen-bond donors (Lipinski definition) is 1. The summed E-state index contributed by atoms with van der Waals surface area (Å²) in [6, 6.07) is 0.966. The molecule has 170 valence electrons. The minimum Gasteiger partial charge on any atom is -0.345 e. The van der Waals surface area contributed by atoms with Gasteiger partial charge in [-0.1, -0.05) is 0 Å². The molecule has 9 nitrogen and oxygen atoms in total. The van der Waals surface area contributed by atoms with Gasteiger partial charge in [-0.15, -0.1) is 0 Å². The normalized spacial score (nSPS) is 22.6. The van der Waals surface area contributed by atoms with E-state index in [9.17, 15) is 22.8 Å². The highest BCUT2D eigenvalue weighted by Crippen LogP contribution is 2.33. The fourth-order valence-electron chi connectivity index (χ4n) is 3.92. The zero-order valence-electron chi connectivity index (χ0n) is 17.4. The van der Waals surface area contributed by atoms with E-state index in [4.69, 9.17) is 0 Å². The van der Waals surface area contributed by atoms with E-state index >= 15 is 0 Å². The molecule has 4 rings (SSSR count). The molecule has 2 amide bonds. The Bertz CT molecular complexity index is 844. The predicted octanol–water partition coefficient (Wildman–Crippen LogP) is 0.174. The monoisotopic (exact) mass is 441 g/mol. The van der Waals surface area contributed by atoms with Crippen LogP contribution in [0.2, 0.25) is 0 Å². The van der Waals surface area contributed by atoms with Crippen molar-refractivity contribution >= 4 is 23.6 Å². The van der Waals surface area contributed by atoms with Crippen LogP contribution in [0.5, 0.6) is 0 Å². The quantitative estimate of drug-likeness (QED) is 0.713. The van der Waals surface area contributed by atoms with Crippen LogP contribution in [0.3, 0.4) is 0 Å². The van der Waals surface area contributed by atoms with Gasteiger partial charge in [-0.2, -0.15) is 18.2 Å². The minimum atomic E-state index is -4.61. The number of rotatable bonds is 4. The molecule has 1 N–H and O–H groups in total. The van der Waals surface area contributed by atoms with E-state index in [2.05, 4.69) is 15.3 Å². The first-order valence-electron chi connectivity index (χ1n) is 10.5. The van der Waals surface area contributed by atoms with E-state index < -0.39 is 11.9 Å². The number of aromatic nitrogens is 2. The van der Waals surface area contributed by atoms with Gasteiger partial charge >= 0.3 is 6.18 Å².